The summed E-state index contributed by atoms with van der Waals surface area (Å²) in [5.74, 6) is -1.02. The topological polar surface area (TPSA) is 64.0 Å². The third-order valence-electron chi connectivity index (χ3n) is 6.14. The Morgan fingerprint density at radius 1 is 0.919 bits per heavy atom. The van der Waals surface area contributed by atoms with Crippen molar-refractivity contribution in [2.75, 3.05) is 0 Å². The first-order chi connectivity index (χ1) is 17.6. The van der Waals surface area contributed by atoms with Gasteiger partial charge in [0.2, 0.25) is 0 Å². The van der Waals surface area contributed by atoms with Crippen LogP contribution < -0.4 is 10.9 Å². The lowest BCUT2D eigenvalue weighted by molar-refractivity contribution is -0.137. The summed E-state index contributed by atoms with van der Waals surface area (Å²) in [4.78, 5) is 30.7. The van der Waals surface area contributed by atoms with Gasteiger partial charge in [0.25, 0.3) is 11.5 Å². The highest BCUT2D eigenvalue weighted by Crippen LogP contribution is 2.31. The molecule has 9 heteroatoms. The van der Waals surface area contributed by atoms with Crippen molar-refractivity contribution in [2.45, 2.75) is 19.1 Å². The standard InChI is InChI=1S/C28H19F4N3O2/c1-16(24-4-2-3-13-33-24)34-26(36)17-5-12-25-22(14-17)21-11-8-19(29)15-23(21)27(37)35(25)20-9-6-18(7-10-20)28(30,31)32/h2-16H,1H3,(H,34,36)/t16-/m0/s1. The van der Waals surface area contributed by atoms with E-state index in [4.69, 9.17) is 0 Å². The Balaban J connectivity index is 1.66. The lowest BCUT2D eigenvalue weighted by Crippen LogP contribution is -2.27. The van der Waals surface area contributed by atoms with E-state index >= 15 is 0 Å². The molecular weight excluding hydrogens is 486 g/mol. The zero-order chi connectivity index (χ0) is 26.3. The molecule has 0 aliphatic carbocycles. The molecule has 2 aromatic heterocycles. The Morgan fingerprint density at radius 2 is 1.68 bits per heavy atom. The van der Waals surface area contributed by atoms with Gasteiger partial charge in [-0.1, -0.05) is 12.1 Å². The lowest BCUT2D eigenvalue weighted by atomic mass is 10.0. The van der Waals surface area contributed by atoms with Crippen LogP contribution in [-0.2, 0) is 6.18 Å². The van der Waals surface area contributed by atoms with Crippen molar-refractivity contribution in [1.29, 1.82) is 0 Å². The molecule has 1 amide bonds. The molecule has 1 N–H and O–H groups in total. The van der Waals surface area contributed by atoms with Crippen LogP contribution in [0.25, 0.3) is 27.4 Å². The third-order valence-corrected chi connectivity index (χ3v) is 6.14. The highest BCUT2D eigenvalue weighted by Gasteiger charge is 2.30. The summed E-state index contributed by atoms with van der Waals surface area (Å²) < 4.78 is 54.5. The van der Waals surface area contributed by atoms with Gasteiger partial charge in [-0.05, 0) is 79.0 Å². The fraction of sp³-hybridized carbons (Fsp3) is 0.107. The maximum absolute atomic E-state index is 14.1. The van der Waals surface area contributed by atoms with E-state index in [-0.39, 0.29) is 23.0 Å². The van der Waals surface area contributed by atoms with Gasteiger partial charge in [0, 0.05) is 22.8 Å². The normalized spacial score (nSPS) is 12.6. The summed E-state index contributed by atoms with van der Waals surface area (Å²) in [6, 6.07) is 17.5. The van der Waals surface area contributed by atoms with Crippen molar-refractivity contribution >= 4 is 27.6 Å². The molecule has 3 aromatic carbocycles. The fourth-order valence-corrected chi connectivity index (χ4v) is 4.29. The van der Waals surface area contributed by atoms with Crippen molar-refractivity contribution in [1.82, 2.24) is 14.9 Å². The smallest absolute Gasteiger partial charge is 0.344 e. The second-order valence-corrected chi connectivity index (χ2v) is 8.56. The number of nitrogens with one attached hydrogen (secondary N) is 1. The van der Waals surface area contributed by atoms with Gasteiger partial charge in [-0.2, -0.15) is 13.2 Å². The quantitative estimate of drug-likeness (QED) is 0.234. The number of aromatic nitrogens is 2. The molecule has 0 saturated carbocycles. The zero-order valence-electron chi connectivity index (χ0n) is 19.4. The van der Waals surface area contributed by atoms with E-state index in [0.29, 0.717) is 27.5 Å². The second-order valence-electron chi connectivity index (χ2n) is 8.56. The number of carbonyl (C=O) groups is 1. The van der Waals surface area contributed by atoms with Crippen LogP contribution in [0.1, 0.15) is 34.6 Å². The number of alkyl halides is 3. The van der Waals surface area contributed by atoms with Gasteiger partial charge < -0.3 is 5.32 Å². The van der Waals surface area contributed by atoms with Crippen LogP contribution in [0.4, 0.5) is 17.6 Å². The third kappa shape index (κ3) is 4.55. The van der Waals surface area contributed by atoms with E-state index in [1.54, 1.807) is 37.4 Å². The number of hydrogen-bond donors (Lipinski definition) is 1. The van der Waals surface area contributed by atoms with Crippen molar-refractivity contribution in [3.05, 3.63) is 118 Å². The van der Waals surface area contributed by atoms with Crippen molar-refractivity contribution in [3.63, 3.8) is 0 Å². The SMILES string of the molecule is C[C@H](NC(=O)c1ccc2c(c1)c1ccc(F)cc1c(=O)n2-c1ccc(C(F)(F)F)cc1)c1ccccn1. The fourth-order valence-electron chi connectivity index (χ4n) is 4.29. The molecule has 0 saturated heterocycles. The molecule has 0 aliphatic heterocycles. The van der Waals surface area contributed by atoms with E-state index in [1.807, 2.05) is 6.07 Å². The van der Waals surface area contributed by atoms with Crippen LogP contribution in [0.2, 0.25) is 0 Å². The number of fused-ring (bicyclic) bond motifs is 3. The Labute approximate surface area is 208 Å². The Morgan fingerprint density at radius 3 is 2.35 bits per heavy atom. The molecule has 5 aromatic rings. The van der Waals surface area contributed by atoms with Crippen LogP contribution in [0.3, 0.4) is 0 Å². The minimum atomic E-state index is -4.53. The maximum Gasteiger partial charge on any atom is 0.416 e. The summed E-state index contributed by atoms with van der Waals surface area (Å²) in [5.41, 5.74) is 0.0460. The van der Waals surface area contributed by atoms with Gasteiger partial charge in [-0.25, -0.2) is 4.39 Å². The van der Waals surface area contributed by atoms with Gasteiger partial charge in [0.1, 0.15) is 5.82 Å². The van der Waals surface area contributed by atoms with Gasteiger partial charge in [0.05, 0.1) is 28.2 Å². The molecule has 0 spiro atoms. The minimum absolute atomic E-state index is 0.0341. The lowest BCUT2D eigenvalue weighted by Gasteiger charge is -2.16. The van der Waals surface area contributed by atoms with E-state index in [1.165, 1.54) is 34.9 Å². The molecule has 1 atom stereocenters. The summed E-state index contributed by atoms with van der Waals surface area (Å²) >= 11 is 0. The van der Waals surface area contributed by atoms with Crippen LogP contribution in [-0.4, -0.2) is 15.5 Å². The maximum atomic E-state index is 14.1. The van der Waals surface area contributed by atoms with Crippen molar-refractivity contribution < 1.29 is 22.4 Å². The number of pyridine rings is 2. The number of amides is 1. The predicted molar refractivity (Wildman–Crippen MR) is 132 cm³/mol. The Kier molecular flexibility index (Phi) is 5.99. The van der Waals surface area contributed by atoms with Gasteiger partial charge >= 0.3 is 6.18 Å². The van der Waals surface area contributed by atoms with Crippen LogP contribution in [0.15, 0.2) is 89.9 Å². The number of carbonyl (C=O) groups excluding carboxylic acids is 1. The molecule has 37 heavy (non-hydrogen) atoms. The predicted octanol–water partition coefficient (Wildman–Crippen LogP) is 6.19. The summed E-state index contributed by atoms with van der Waals surface area (Å²) in [5, 5.41) is 3.79. The zero-order valence-corrected chi connectivity index (χ0v) is 19.4. The summed E-state index contributed by atoms with van der Waals surface area (Å²) in [6.45, 7) is 1.79. The monoisotopic (exact) mass is 505 g/mol. The van der Waals surface area contributed by atoms with Gasteiger partial charge in [-0.3, -0.25) is 19.1 Å². The van der Waals surface area contributed by atoms with Gasteiger partial charge in [-0.15, -0.1) is 0 Å². The molecule has 2 heterocycles. The average molecular weight is 505 g/mol. The molecule has 5 rings (SSSR count). The van der Waals surface area contributed by atoms with Crippen LogP contribution >= 0.6 is 0 Å². The molecule has 0 aliphatic rings. The first kappa shape index (κ1) is 24.2. The summed E-state index contributed by atoms with van der Waals surface area (Å²) in [6.07, 6.45) is -2.91. The molecule has 0 bridgehead atoms. The van der Waals surface area contributed by atoms with E-state index in [0.717, 1.165) is 18.2 Å². The van der Waals surface area contributed by atoms with Crippen molar-refractivity contribution in [2.24, 2.45) is 0 Å². The molecule has 186 valence electrons. The van der Waals surface area contributed by atoms with E-state index in [2.05, 4.69) is 10.3 Å². The first-order valence-electron chi connectivity index (χ1n) is 11.3. The van der Waals surface area contributed by atoms with Crippen molar-refractivity contribution in [3.8, 4) is 5.69 Å². The van der Waals surface area contributed by atoms with Crippen LogP contribution in [0.5, 0.6) is 0 Å². The highest BCUT2D eigenvalue weighted by atomic mass is 19.4. The Bertz CT molecular complexity index is 1700. The number of hydrogen-bond acceptors (Lipinski definition) is 3. The number of nitrogens with zero attached hydrogens (tertiary/aromatic N) is 2. The minimum Gasteiger partial charge on any atom is -0.344 e. The van der Waals surface area contributed by atoms with E-state index in [9.17, 15) is 27.2 Å². The average Bonchev–Trinajstić information content (AvgIpc) is 2.89. The van der Waals surface area contributed by atoms with E-state index < -0.39 is 23.1 Å². The first-order valence-corrected chi connectivity index (χ1v) is 11.3. The number of rotatable bonds is 4. The molecule has 0 unspecified atom stereocenters. The highest BCUT2D eigenvalue weighted by molar-refractivity contribution is 6.09. The molecular formula is C28H19F4N3O2. The number of benzene rings is 3. The Hall–Kier alpha value is -4.53. The summed E-state index contributed by atoms with van der Waals surface area (Å²) in [7, 11) is 0. The molecule has 5 nitrogen and oxygen atoms in total. The largest absolute Gasteiger partial charge is 0.416 e. The molecule has 0 fully saturated rings. The van der Waals surface area contributed by atoms with Gasteiger partial charge in [0.15, 0.2) is 0 Å². The second kappa shape index (κ2) is 9.16. The number of halogens is 4. The van der Waals surface area contributed by atoms with Crippen LogP contribution in [0, 0.1) is 5.82 Å². The molecule has 0 radical (unpaired) electrons.